The van der Waals surface area contributed by atoms with Crippen LogP contribution >= 0.6 is 24.0 Å². The SMILES string of the molecule is CCC(C)(NCc1ccc(-c2noc(-c3ccc(Oc4ccccc4)cc3)n2)c(Cl)c1)C(=O)O.Cl. The lowest BCUT2D eigenvalue weighted by Gasteiger charge is -2.24. The van der Waals surface area contributed by atoms with E-state index in [1.165, 1.54) is 0 Å². The Morgan fingerprint density at radius 2 is 1.77 bits per heavy atom. The molecule has 35 heavy (non-hydrogen) atoms. The van der Waals surface area contributed by atoms with E-state index >= 15 is 0 Å². The predicted octanol–water partition coefficient (Wildman–Crippen LogP) is 6.61. The summed E-state index contributed by atoms with van der Waals surface area (Å²) in [5.41, 5.74) is 1.23. The molecule has 7 nitrogen and oxygen atoms in total. The lowest BCUT2D eigenvalue weighted by Crippen LogP contribution is -2.48. The van der Waals surface area contributed by atoms with Gasteiger partial charge in [0.25, 0.3) is 5.89 Å². The number of benzene rings is 3. The minimum Gasteiger partial charge on any atom is -0.480 e. The van der Waals surface area contributed by atoms with E-state index in [4.69, 9.17) is 20.9 Å². The Kier molecular flexibility index (Phi) is 8.51. The monoisotopic (exact) mass is 513 g/mol. The minimum atomic E-state index is -1.00. The van der Waals surface area contributed by atoms with Gasteiger partial charge in [0.15, 0.2) is 0 Å². The molecule has 0 bridgehead atoms. The van der Waals surface area contributed by atoms with Crippen molar-refractivity contribution in [2.24, 2.45) is 0 Å². The van der Waals surface area contributed by atoms with E-state index in [1.54, 1.807) is 19.1 Å². The molecule has 4 rings (SSSR count). The number of carboxylic acids is 1. The highest BCUT2D eigenvalue weighted by Gasteiger charge is 2.30. The summed E-state index contributed by atoms with van der Waals surface area (Å²) in [6, 6.07) is 22.3. The number of nitrogens with zero attached hydrogens (tertiary/aromatic N) is 2. The molecule has 0 aliphatic carbocycles. The highest BCUT2D eigenvalue weighted by atomic mass is 35.5. The number of ether oxygens (including phenoxy) is 1. The fourth-order valence-corrected chi connectivity index (χ4v) is 3.53. The second-order valence-electron chi connectivity index (χ2n) is 8.02. The Morgan fingerprint density at radius 3 is 2.40 bits per heavy atom. The van der Waals surface area contributed by atoms with Crippen molar-refractivity contribution < 1.29 is 19.2 Å². The summed E-state index contributed by atoms with van der Waals surface area (Å²) in [5, 5.41) is 17.0. The van der Waals surface area contributed by atoms with E-state index in [-0.39, 0.29) is 12.4 Å². The summed E-state index contributed by atoms with van der Waals surface area (Å²) in [5.74, 6) is 1.29. The van der Waals surface area contributed by atoms with Gasteiger partial charge in [-0.1, -0.05) is 47.9 Å². The minimum absolute atomic E-state index is 0. The predicted molar refractivity (Wildman–Crippen MR) is 137 cm³/mol. The first-order valence-corrected chi connectivity index (χ1v) is 11.2. The third-order valence-corrected chi connectivity index (χ3v) is 5.96. The normalized spacial score (nSPS) is 12.4. The van der Waals surface area contributed by atoms with Crippen LogP contribution in [0.4, 0.5) is 0 Å². The van der Waals surface area contributed by atoms with Gasteiger partial charge in [-0.05, 0) is 67.4 Å². The Balaban J connectivity index is 0.00000342. The van der Waals surface area contributed by atoms with Gasteiger partial charge in [-0.3, -0.25) is 10.1 Å². The van der Waals surface area contributed by atoms with Crippen LogP contribution in [0.3, 0.4) is 0 Å². The van der Waals surface area contributed by atoms with Crippen molar-refractivity contribution in [2.75, 3.05) is 0 Å². The van der Waals surface area contributed by atoms with E-state index in [0.29, 0.717) is 41.0 Å². The maximum absolute atomic E-state index is 11.5. The van der Waals surface area contributed by atoms with Gasteiger partial charge >= 0.3 is 5.97 Å². The summed E-state index contributed by atoms with van der Waals surface area (Å²) >= 11 is 6.48. The van der Waals surface area contributed by atoms with E-state index in [9.17, 15) is 9.90 Å². The van der Waals surface area contributed by atoms with Gasteiger partial charge in [0.05, 0.1) is 5.02 Å². The molecule has 1 unspecified atom stereocenters. The van der Waals surface area contributed by atoms with Gasteiger partial charge in [0.1, 0.15) is 17.0 Å². The number of hydrogen-bond acceptors (Lipinski definition) is 6. The van der Waals surface area contributed by atoms with E-state index in [1.807, 2.05) is 67.6 Å². The number of carboxylic acid groups (broad SMARTS) is 1. The fourth-order valence-electron chi connectivity index (χ4n) is 3.24. The van der Waals surface area contributed by atoms with Crippen molar-refractivity contribution >= 4 is 30.0 Å². The Labute approximate surface area is 214 Å². The number of rotatable bonds is 9. The fraction of sp³-hybridized carbons (Fsp3) is 0.192. The molecule has 1 aromatic heterocycles. The molecule has 0 aliphatic rings. The van der Waals surface area contributed by atoms with Crippen molar-refractivity contribution in [1.82, 2.24) is 15.5 Å². The molecule has 1 atom stereocenters. The topological polar surface area (TPSA) is 97.5 Å². The lowest BCUT2D eigenvalue weighted by atomic mass is 9.98. The van der Waals surface area contributed by atoms with Crippen molar-refractivity contribution in [3.8, 4) is 34.3 Å². The van der Waals surface area contributed by atoms with Crippen molar-refractivity contribution in [3.63, 3.8) is 0 Å². The maximum Gasteiger partial charge on any atom is 0.323 e. The first-order valence-electron chi connectivity index (χ1n) is 10.8. The number of nitrogens with one attached hydrogen (secondary N) is 1. The van der Waals surface area contributed by atoms with Crippen LogP contribution in [0.1, 0.15) is 25.8 Å². The molecule has 1 heterocycles. The highest BCUT2D eigenvalue weighted by Crippen LogP contribution is 2.30. The molecular weight excluding hydrogens is 489 g/mol. The van der Waals surface area contributed by atoms with Gasteiger partial charge in [-0.2, -0.15) is 4.98 Å². The van der Waals surface area contributed by atoms with Crippen LogP contribution in [0.25, 0.3) is 22.8 Å². The number of aromatic nitrogens is 2. The van der Waals surface area contributed by atoms with Crippen LogP contribution in [0, 0.1) is 0 Å². The third kappa shape index (κ3) is 6.19. The number of halogens is 2. The number of carbonyl (C=O) groups is 1. The summed E-state index contributed by atoms with van der Waals surface area (Å²) in [7, 11) is 0. The van der Waals surface area contributed by atoms with Crippen LogP contribution < -0.4 is 10.1 Å². The molecule has 4 aromatic rings. The number of para-hydroxylation sites is 1. The molecule has 0 saturated carbocycles. The Bertz CT molecular complexity index is 1280. The Morgan fingerprint density at radius 1 is 1.09 bits per heavy atom. The van der Waals surface area contributed by atoms with Gasteiger partial charge < -0.3 is 14.4 Å². The van der Waals surface area contributed by atoms with E-state index in [2.05, 4.69) is 15.5 Å². The zero-order valence-electron chi connectivity index (χ0n) is 19.2. The van der Waals surface area contributed by atoms with Gasteiger partial charge in [-0.25, -0.2) is 0 Å². The molecule has 9 heteroatoms. The standard InChI is InChI=1S/C26H24ClN3O4.ClH/c1-3-26(2,25(31)32)28-16-17-9-14-21(22(27)15-17)23-29-24(34-30-23)18-10-12-20(13-11-18)33-19-7-5-4-6-8-19;/h4-15,28H,3,16H2,1-2H3,(H,31,32);1H. The zero-order chi connectivity index (χ0) is 24.1. The molecule has 0 amide bonds. The number of aliphatic carboxylic acids is 1. The lowest BCUT2D eigenvalue weighted by molar-refractivity contribution is -0.144. The molecular formula is C26H25Cl2N3O4. The van der Waals surface area contributed by atoms with Crippen LogP contribution in [0.2, 0.25) is 5.02 Å². The molecule has 0 spiro atoms. The van der Waals surface area contributed by atoms with Crippen molar-refractivity contribution in [2.45, 2.75) is 32.4 Å². The van der Waals surface area contributed by atoms with Crippen molar-refractivity contribution in [3.05, 3.63) is 83.4 Å². The second kappa shape index (κ2) is 11.4. The molecule has 0 aliphatic heterocycles. The van der Waals surface area contributed by atoms with Crippen LogP contribution in [-0.4, -0.2) is 26.8 Å². The molecule has 0 saturated heterocycles. The summed E-state index contributed by atoms with van der Waals surface area (Å²) in [6.07, 6.45) is 0.457. The smallest absolute Gasteiger partial charge is 0.323 e. The molecule has 182 valence electrons. The van der Waals surface area contributed by atoms with Crippen molar-refractivity contribution in [1.29, 1.82) is 0 Å². The first-order chi connectivity index (χ1) is 16.4. The van der Waals surface area contributed by atoms with Gasteiger partial charge in [0, 0.05) is 17.7 Å². The summed E-state index contributed by atoms with van der Waals surface area (Å²) in [4.78, 5) is 16.0. The molecule has 0 fully saturated rings. The van der Waals surface area contributed by atoms with Crippen LogP contribution in [0.15, 0.2) is 77.3 Å². The van der Waals surface area contributed by atoms with Crippen LogP contribution in [0.5, 0.6) is 11.5 Å². The van der Waals surface area contributed by atoms with E-state index < -0.39 is 11.5 Å². The van der Waals surface area contributed by atoms with E-state index in [0.717, 1.165) is 16.9 Å². The largest absolute Gasteiger partial charge is 0.480 e. The Hall–Kier alpha value is -3.39. The quantitative estimate of drug-likeness (QED) is 0.259. The maximum atomic E-state index is 11.5. The molecule has 2 N–H and O–H groups in total. The molecule has 3 aromatic carbocycles. The van der Waals surface area contributed by atoms with Crippen LogP contribution in [-0.2, 0) is 11.3 Å². The zero-order valence-corrected chi connectivity index (χ0v) is 20.8. The average Bonchev–Trinajstić information content (AvgIpc) is 3.33. The molecule has 0 radical (unpaired) electrons. The van der Waals surface area contributed by atoms with Gasteiger partial charge in [-0.15, -0.1) is 12.4 Å². The first kappa shape index (κ1) is 26.2. The summed E-state index contributed by atoms with van der Waals surface area (Å²) < 4.78 is 11.3. The average molecular weight is 514 g/mol. The second-order valence-corrected chi connectivity index (χ2v) is 8.43. The number of hydrogen-bond donors (Lipinski definition) is 2. The highest BCUT2D eigenvalue weighted by molar-refractivity contribution is 6.33. The third-order valence-electron chi connectivity index (χ3n) is 5.64. The summed E-state index contributed by atoms with van der Waals surface area (Å²) in [6.45, 7) is 3.85. The van der Waals surface area contributed by atoms with Gasteiger partial charge in [0.2, 0.25) is 5.82 Å².